The van der Waals surface area contributed by atoms with Gasteiger partial charge in [0.25, 0.3) is 5.91 Å². The number of hydrogen-bond donors (Lipinski definition) is 1. The molecular weight excluding hydrogens is 337 g/mol. The van der Waals surface area contributed by atoms with E-state index in [1.165, 1.54) is 12.1 Å². The molecular formula is C19H24FN3O3. The molecule has 0 radical (unpaired) electrons. The zero-order valence-corrected chi connectivity index (χ0v) is 14.9. The third kappa shape index (κ3) is 4.62. The summed E-state index contributed by atoms with van der Waals surface area (Å²) < 4.78 is 26.3. The lowest BCUT2D eigenvalue weighted by molar-refractivity contribution is -0.123. The summed E-state index contributed by atoms with van der Waals surface area (Å²) in [5, 5.41) is 2.90. The van der Waals surface area contributed by atoms with Gasteiger partial charge in [-0.15, -0.1) is 0 Å². The average Bonchev–Trinajstić information content (AvgIpc) is 3.08. The molecule has 2 heterocycles. The summed E-state index contributed by atoms with van der Waals surface area (Å²) in [5.41, 5.74) is 1.13. The van der Waals surface area contributed by atoms with Crippen molar-refractivity contribution in [3.05, 3.63) is 54.1 Å². The highest BCUT2D eigenvalue weighted by Crippen LogP contribution is 2.21. The third-order valence-electron chi connectivity index (χ3n) is 4.50. The summed E-state index contributed by atoms with van der Waals surface area (Å²) in [6.45, 7) is 3.24. The van der Waals surface area contributed by atoms with Crippen LogP contribution in [0.4, 0.5) is 4.39 Å². The van der Waals surface area contributed by atoms with Gasteiger partial charge in [-0.1, -0.05) is 12.1 Å². The van der Waals surface area contributed by atoms with Crippen LogP contribution in [-0.4, -0.2) is 54.8 Å². The van der Waals surface area contributed by atoms with E-state index in [0.29, 0.717) is 19.8 Å². The fourth-order valence-electron chi connectivity index (χ4n) is 3.10. The normalized spacial score (nSPS) is 16.2. The molecule has 1 atom stereocenters. The second-order valence-corrected chi connectivity index (χ2v) is 6.23. The molecule has 2 aromatic rings. The Hall–Kier alpha value is -2.38. The Balaban J connectivity index is 1.57. The first-order valence-corrected chi connectivity index (χ1v) is 8.72. The maximum absolute atomic E-state index is 13.5. The first-order chi connectivity index (χ1) is 12.6. The zero-order valence-electron chi connectivity index (χ0n) is 14.9. The number of hydrogen-bond acceptors (Lipinski definition) is 4. The monoisotopic (exact) mass is 361 g/mol. The molecule has 0 saturated carbocycles. The first-order valence-electron chi connectivity index (χ1n) is 8.72. The van der Waals surface area contributed by atoms with Crippen LogP contribution in [0.25, 0.3) is 0 Å². The van der Waals surface area contributed by atoms with E-state index in [-0.39, 0.29) is 24.3 Å². The SMILES string of the molecule is Cn1cccc1[C@@H](CNC(=O)COc1ccccc1F)N1CCOCC1. The number of nitrogens with one attached hydrogen (secondary N) is 1. The van der Waals surface area contributed by atoms with E-state index in [2.05, 4.69) is 20.9 Å². The second-order valence-electron chi connectivity index (χ2n) is 6.23. The minimum absolute atomic E-state index is 0.0521. The molecule has 7 heteroatoms. The average molecular weight is 361 g/mol. The first kappa shape index (κ1) is 18.4. The van der Waals surface area contributed by atoms with E-state index in [4.69, 9.17) is 9.47 Å². The van der Waals surface area contributed by atoms with Crippen molar-refractivity contribution in [2.24, 2.45) is 7.05 Å². The van der Waals surface area contributed by atoms with Crippen LogP contribution in [0.1, 0.15) is 11.7 Å². The van der Waals surface area contributed by atoms with Crippen molar-refractivity contribution in [1.82, 2.24) is 14.8 Å². The van der Waals surface area contributed by atoms with Gasteiger partial charge in [0.1, 0.15) is 0 Å². The summed E-state index contributed by atoms with van der Waals surface area (Å²) in [7, 11) is 1.99. The fourth-order valence-corrected chi connectivity index (χ4v) is 3.10. The predicted octanol–water partition coefficient (Wildman–Crippen LogP) is 1.73. The van der Waals surface area contributed by atoms with Crippen LogP contribution in [0.15, 0.2) is 42.6 Å². The van der Waals surface area contributed by atoms with E-state index >= 15 is 0 Å². The number of carbonyl (C=O) groups is 1. The fraction of sp³-hybridized carbons (Fsp3) is 0.421. The van der Waals surface area contributed by atoms with Crippen LogP contribution in [0.5, 0.6) is 5.75 Å². The Morgan fingerprint density at radius 1 is 1.27 bits per heavy atom. The van der Waals surface area contributed by atoms with E-state index in [9.17, 15) is 9.18 Å². The number of amides is 1. The number of aryl methyl sites for hydroxylation is 1. The number of halogens is 1. The molecule has 0 bridgehead atoms. The van der Waals surface area contributed by atoms with Crippen molar-refractivity contribution in [3.63, 3.8) is 0 Å². The van der Waals surface area contributed by atoms with Gasteiger partial charge in [0.15, 0.2) is 18.2 Å². The molecule has 6 nitrogen and oxygen atoms in total. The van der Waals surface area contributed by atoms with Crippen LogP contribution >= 0.6 is 0 Å². The molecule has 0 aliphatic carbocycles. The minimum atomic E-state index is -0.477. The molecule has 0 unspecified atom stereocenters. The highest BCUT2D eigenvalue weighted by Gasteiger charge is 2.24. The van der Waals surface area contributed by atoms with Gasteiger partial charge in [-0.2, -0.15) is 0 Å². The molecule has 140 valence electrons. The molecule has 1 fully saturated rings. The van der Waals surface area contributed by atoms with E-state index in [0.717, 1.165) is 18.8 Å². The number of para-hydroxylation sites is 1. The summed E-state index contributed by atoms with van der Waals surface area (Å²) in [4.78, 5) is 14.5. The molecule has 3 rings (SSSR count). The van der Waals surface area contributed by atoms with Crippen LogP contribution in [-0.2, 0) is 16.6 Å². The van der Waals surface area contributed by atoms with Crippen molar-refractivity contribution in [3.8, 4) is 5.75 Å². The number of nitrogens with zero attached hydrogens (tertiary/aromatic N) is 2. The molecule has 1 amide bonds. The van der Waals surface area contributed by atoms with Gasteiger partial charge >= 0.3 is 0 Å². The summed E-state index contributed by atoms with van der Waals surface area (Å²) in [5.74, 6) is -0.675. The van der Waals surface area contributed by atoms with Crippen LogP contribution < -0.4 is 10.1 Å². The molecule has 1 aromatic heterocycles. The lowest BCUT2D eigenvalue weighted by Gasteiger charge is -2.34. The number of benzene rings is 1. The van der Waals surface area contributed by atoms with Crippen molar-refractivity contribution in [2.45, 2.75) is 6.04 Å². The van der Waals surface area contributed by atoms with Gasteiger partial charge in [0, 0.05) is 38.6 Å². The van der Waals surface area contributed by atoms with Gasteiger partial charge < -0.3 is 19.4 Å². The largest absolute Gasteiger partial charge is 0.481 e. The summed E-state index contributed by atoms with van der Waals surface area (Å²) >= 11 is 0. The molecule has 1 aromatic carbocycles. The lowest BCUT2D eigenvalue weighted by Crippen LogP contribution is -2.45. The number of ether oxygens (including phenoxy) is 2. The van der Waals surface area contributed by atoms with E-state index < -0.39 is 5.82 Å². The van der Waals surface area contributed by atoms with Gasteiger partial charge in [0.05, 0.1) is 19.3 Å². The van der Waals surface area contributed by atoms with Crippen molar-refractivity contribution >= 4 is 5.91 Å². The topological polar surface area (TPSA) is 55.7 Å². The van der Waals surface area contributed by atoms with Gasteiger partial charge in [-0.25, -0.2) is 4.39 Å². The quantitative estimate of drug-likeness (QED) is 0.816. The molecule has 1 saturated heterocycles. The van der Waals surface area contributed by atoms with Crippen molar-refractivity contribution in [2.75, 3.05) is 39.5 Å². The third-order valence-corrected chi connectivity index (χ3v) is 4.50. The zero-order chi connectivity index (χ0) is 18.4. The van der Waals surface area contributed by atoms with Gasteiger partial charge in [-0.05, 0) is 24.3 Å². The highest BCUT2D eigenvalue weighted by atomic mass is 19.1. The minimum Gasteiger partial charge on any atom is -0.481 e. The maximum atomic E-state index is 13.5. The van der Waals surface area contributed by atoms with Crippen LogP contribution in [0.3, 0.4) is 0 Å². The molecule has 1 aliphatic rings. The Morgan fingerprint density at radius 2 is 2.04 bits per heavy atom. The van der Waals surface area contributed by atoms with Crippen LogP contribution in [0.2, 0.25) is 0 Å². The number of carbonyl (C=O) groups excluding carboxylic acids is 1. The lowest BCUT2D eigenvalue weighted by atomic mass is 10.1. The summed E-state index contributed by atoms with van der Waals surface area (Å²) in [6.07, 6.45) is 1.99. The number of morpholine rings is 1. The van der Waals surface area contributed by atoms with Gasteiger partial charge in [0.2, 0.25) is 0 Å². The molecule has 0 spiro atoms. The Morgan fingerprint density at radius 3 is 2.73 bits per heavy atom. The number of aromatic nitrogens is 1. The molecule has 1 N–H and O–H groups in total. The van der Waals surface area contributed by atoms with Crippen molar-refractivity contribution in [1.29, 1.82) is 0 Å². The standard InChI is InChI=1S/C19H24FN3O3/c1-22-8-4-6-16(22)17(23-9-11-25-12-10-23)13-21-19(24)14-26-18-7-3-2-5-15(18)20/h2-8,17H,9-14H2,1H3,(H,21,24)/t17-/m1/s1. The Kier molecular flexibility index (Phi) is 6.25. The van der Waals surface area contributed by atoms with E-state index in [1.807, 2.05) is 19.3 Å². The Bertz CT molecular complexity index is 728. The molecule has 1 aliphatic heterocycles. The molecule has 26 heavy (non-hydrogen) atoms. The highest BCUT2D eigenvalue weighted by molar-refractivity contribution is 5.77. The maximum Gasteiger partial charge on any atom is 0.258 e. The predicted molar refractivity (Wildman–Crippen MR) is 95.5 cm³/mol. The van der Waals surface area contributed by atoms with E-state index in [1.54, 1.807) is 12.1 Å². The summed E-state index contributed by atoms with van der Waals surface area (Å²) in [6, 6.07) is 10.2. The second kappa shape index (κ2) is 8.82. The van der Waals surface area contributed by atoms with Crippen molar-refractivity contribution < 1.29 is 18.7 Å². The van der Waals surface area contributed by atoms with Gasteiger partial charge in [-0.3, -0.25) is 9.69 Å². The smallest absolute Gasteiger partial charge is 0.258 e. The number of rotatable bonds is 7. The van der Waals surface area contributed by atoms with Crippen LogP contribution in [0, 0.1) is 5.82 Å². The Labute approximate surface area is 152 Å².